The maximum Gasteiger partial charge on any atom is 0.229 e. The van der Waals surface area contributed by atoms with E-state index in [-0.39, 0.29) is 5.54 Å². The van der Waals surface area contributed by atoms with Gasteiger partial charge in [-0.3, -0.25) is 0 Å². The summed E-state index contributed by atoms with van der Waals surface area (Å²) in [4.78, 5) is 14.1. The molecular formula is C26H29N7O. The van der Waals surface area contributed by atoms with Crippen molar-refractivity contribution in [1.29, 1.82) is 0 Å². The zero-order valence-electron chi connectivity index (χ0n) is 19.6. The van der Waals surface area contributed by atoms with Crippen molar-refractivity contribution in [3.05, 3.63) is 48.6 Å². The van der Waals surface area contributed by atoms with Crippen molar-refractivity contribution in [3.63, 3.8) is 0 Å². The summed E-state index contributed by atoms with van der Waals surface area (Å²) in [6.45, 7) is 6.49. The Morgan fingerprint density at radius 3 is 2.74 bits per heavy atom. The van der Waals surface area contributed by atoms with Crippen LogP contribution in [0, 0.1) is 18.8 Å². The standard InChI is InChI=1S/C26H29N7O/c1-15-6-21-19(4-5-28-31-21)8-20(15)29-24-27-13-22-23(30-24)33(16(2)32(22)3)25-9-17-7-18(10-25)12-26(34,11-17)14-25/h4-6,8,13,17-18,34H,2,7,9-12,14H2,1,3H3,(H,27,29,30). The molecule has 34 heavy (non-hydrogen) atoms. The highest BCUT2D eigenvalue weighted by Gasteiger charge is 2.61. The number of nitrogens with zero attached hydrogens (tertiary/aromatic N) is 6. The molecule has 2 atom stereocenters. The molecule has 1 aromatic carbocycles. The van der Waals surface area contributed by atoms with E-state index >= 15 is 0 Å². The van der Waals surface area contributed by atoms with Crippen LogP contribution in [0.4, 0.5) is 23.1 Å². The topological polar surface area (TPSA) is 90.3 Å². The Morgan fingerprint density at radius 1 is 1.18 bits per heavy atom. The van der Waals surface area contributed by atoms with Gasteiger partial charge in [0.25, 0.3) is 0 Å². The summed E-state index contributed by atoms with van der Waals surface area (Å²) in [5.74, 6) is 3.53. The van der Waals surface area contributed by atoms with Gasteiger partial charge in [0, 0.05) is 18.1 Å². The minimum atomic E-state index is -0.551. The van der Waals surface area contributed by atoms with E-state index < -0.39 is 5.60 Å². The van der Waals surface area contributed by atoms with E-state index in [0.717, 1.165) is 71.6 Å². The highest BCUT2D eigenvalue weighted by atomic mass is 16.3. The zero-order valence-corrected chi connectivity index (χ0v) is 19.6. The second-order valence-electron chi connectivity index (χ2n) is 11.0. The van der Waals surface area contributed by atoms with Crippen molar-refractivity contribution in [2.45, 2.75) is 56.6 Å². The van der Waals surface area contributed by atoms with Gasteiger partial charge < -0.3 is 20.2 Å². The fourth-order valence-corrected chi connectivity index (χ4v) is 7.56. The predicted molar refractivity (Wildman–Crippen MR) is 132 cm³/mol. The van der Waals surface area contributed by atoms with Crippen LogP contribution in [0.2, 0.25) is 0 Å². The van der Waals surface area contributed by atoms with E-state index in [1.165, 1.54) is 6.42 Å². The van der Waals surface area contributed by atoms with E-state index in [2.05, 4.69) is 42.9 Å². The van der Waals surface area contributed by atoms with E-state index in [1.807, 2.05) is 32.3 Å². The zero-order chi connectivity index (χ0) is 23.2. The minimum absolute atomic E-state index is 0.126. The molecule has 1 aliphatic heterocycles. The van der Waals surface area contributed by atoms with Crippen LogP contribution < -0.4 is 15.1 Å². The Balaban J connectivity index is 1.28. The molecule has 4 bridgehead atoms. The molecule has 5 aliphatic rings. The summed E-state index contributed by atoms with van der Waals surface area (Å²) in [6, 6.07) is 6.04. The molecule has 3 heterocycles. The third-order valence-electron chi connectivity index (χ3n) is 8.55. The Kier molecular flexibility index (Phi) is 3.94. The van der Waals surface area contributed by atoms with Crippen LogP contribution in [0.25, 0.3) is 10.9 Å². The van der Waals surface area contributed by atoms with E-state index in [9.17, 15) is 5.11 Å². The largest absolute Gasteiger partial charge is 0.390 e. The second kappa shape index (κ2) is 6.66. The molecule has 0 spiro atoms. The molecule has 4 fully saturated rings. The first-order chi connectivity index (χ1) is 16.3. The van der Waals surface area contributed by atoms with Crippen LogP contribution >= 0.6 is 0 Å². The Labute approximate surface area is 198 Å². The lowest BCUT2D eigenvalue weighted by atomic mass is 9.50. The smallest absolute Gasteiger partial charge is 0.229 e. The molecule has 0 amide bonds. The Bertz CT molecular complexity index is 1340. The molecule has 0 saturated heterocycles. The van der Waals surface area contributed by atoms with Crippen LogP contribution in [-0.2, 0) is 0 Å². The summed E-state index contributed by atoms with van der Waals surface area (Å²) < 4.78 is 0. The fraction of sp³-hybridized carbons (Fsp3) is 0.462. The quantitative estimate of drug-likeness (QED) is 0.605. The number of hydrogen-bond donors (Lipinski definition) is 2. The molecule has 0 radical (unpaired) electrons. The summed E-state index contributed by atoms with van der Waals surface area (Å²) in [6.07, 6.45) is 9.68. The van der Waals surface area contributed by atoms with Crippen molar-refractivity contribution in [3.8, 4) is 0 Å². The van der Waals surface area contributed by atoms with E-state index in [0.29, 0.717) is 17.8 Å². The van der Waals surface area contributed by atoms with Crippen molar-refractivity contribution >= 4 is 34.0 Å². The monoisotopic (exact) mass is 455 g/mol. The molecule has 3 aromatic rings. The molecule has 8 nitrogen and oxygen atoms in total. The first-order valence-electron chi connectivity index (χ1n) is 12.1. The number of anilines is 4. The number of rotatable bonds is 3. The van der Waals surface area contributed by atoms with Crippen LogP contribution in [0.3, 0.4) is 0 Å². The molecule has 2 aromatic heterocycles. The maximum absolute atomic E-state index is 11.4. The molecular weight excluding hydrogens is 426 g/mol. The number of aryl methyl sites for hydroxylation is 1. The third-order valence-corrected chi connectivity index (χ3v) is 8.55. The average molecular weight is 456 g/mol. The minimum Gasteiger partial charge on any atom is -0.390 e. The normalized spacial score (nSPS) is 31.4. The maximum atomic E-state index is 11.4. The molecule has 2 unspecified atom stereocenters. The summed E-state index contributed by atoms with van der Waals surface area (Å²) >= 11 is 0. The summed E-state index contributed by atoms with van der Waals surface area (Å²) in [5.41, 5.74) is 3.15. The highest BCUT2D eigenvalue weighted by Crippen LogP contribution is 2.62. The van der Waals surface area contributed by atoms with Crippen LogP contribution in [-0.4, -0.2) is 43.5 Å². The number of hydrogen-bond acceptors (Lipinski definition) is 8. The van der Waals surface area contributed by atoms with Crippen molar-refractivity contribution in [2.24, 2.45) is 11.8 Å². The van der Waals surface area contributed by atoms with Gasteiger partial charge in [-0.15, -0.1) is 0 Å². The lowest BCUT2D eigenvalue weighted by Crippen LogP contribution is -2.65. The molecule has 4 aliphatic carbocycles. The fourth-order valence-electron chi connectivity index (χ4n) is 7.56. The van der Waals surface area contributed by atoms with Crippen molar-refractivity contribution < 1.29 is 5.11 Å². The first kappa shape index (κ1) is 20.1. The van der Waals surface area contributed by atoms with Gasteiger partial charge in [-0.2, -0.15) is 15.2 Å². The highest BCUT2D eigenvalue weighted by molar-refractivity contribution is 5.85. The third kappa shape index (κ3) is 2.81. The SMILES string of the molecule is C=C1N(C)c2cnc(Nc3cc4ccnnc4cc3C)nc2N1C12CC3CC(CC(O)(C3)C1)C2. The first-order valence-corrected chi connectivity index (χ1v) is 12.1. The van der Waals surface area contributed by atoms with E-state index in [4.69, 9.17) is 4.98 Å². The molecule has 8 rings (SSSR count). The summed E-state index contributed by atoms with van der Waals surface area (Å²) in [7, 11) is 2.03. The average Bonchev–Trinajstić information content (AvgIpc) is 3.03. The van der Waals surface area contributed by atoms with Gasteiger partial charge in [0.05, 0.1) is 29.1 Å². The lowest BCUT2D eigenvalue weighted by Gasteiger charge is -2.62. The molecule has 4 saturated carbocycles. The van der Waals surface area contributed by atoms with Crippen LogP contribution in [0.5, 0.6) is 0 Å². The van der Waals surface area contributed by atoms with Crippen LogP contribution in [0.15, 0.2) is 43.0 Å². The van der Waals surface area contributed by atoms with Gasteiger partial charge in [-0.25, -0.2) is 4.98 Å². The number of aliphatic hydroxyl groups is 1. The van der Waals surface area contributed by atoms with E-state index in [1.54, 1.807) is 6.20 Å². The number of nitrogens with one attached hydrogen (secondary N) is 1. The predicted octanol–water partition coefficient (Wildman–Crippen LogP) is 4.28. The van der Waals surface area contributed by atoms with Gasteiger partial charge in [0.1, 0.15) is 11.5 Å². The number of fused-ring (bicyclic) bond motifs is 2. The van der Waals surface area contributed by atoms with Gasteiger partial charge in [0.15, 0.2) is 5.82 Å². The molecule has 2 N–H and O–H groups in total. The number of aromatic nitrogens is 4. The van der Waals surface area contributed by atoms with Gasteiger partial charge in [-0.05, 0) is 81.0 Å². The van der Waals surface area contributed by atoms with Gasteiger partial charge in [-0.1, -0.05) is 6.58 Å². The Hall–Kier alpha value is -3.26. The lowest BCUT2D eigenvalue weighted by molar-refractivity contribution is -0.133. The summed E-state index contributed by atoms with van der Waals surface area (Å²) in [5, 5.41) is 24.0. The number of benzene rings is 1. The second-order valence-corrected chi connectivity index (χ2v) is 11.0. The van der Waals surface area contributed by atoms with Crippen molar-refractivity contribution in [1.82, 2.24) is 20.2 Å². The Morgan fingerprint density at radius 2 is 1.97 bits per heavy atom. The van der Waals surface area contributed by atoms with Crippen molar-refractivity contribution in [2.75, 3.05) is 22.2 Å². The van der Waals surface area contributed by atoms with Gasteiger partial charge in [0.2, 0.25) is 5.95 Å². The van der Waals surface area contributed by atoms with Gasteiger partial charge >= 0.3 is 0 Å². The molecule has 174 valence electrons. The molecule has 8 heteroatoms. The van der Waals surface area contributed by atoms with Crippen LogP contribution in [0.1, 0.15) is 44.1 Å².